The molecule has 0 fully saturated rings. The highest BCUT2D eigenvalue weighted by molar-refractivity contribution is 8.00. The molecule has 6 heteroatoms. The van der Waals surface area contributed by atoms with E-state index in [1.165, 1.54) is 77.0 Å². The molecule has 0 saturated heterocycles. The average Bonchev–Trinajstić information content (AvgIpc) is 3.16. The third-order valence-electron chi connectivity index (χ3n) is 9.84. The largest absolute Gasteiger partial charge is 0.349 e. The van der Waals surface area contributed by atoms with Gasteiger partial charge in [0.15, 0.2) is 0 Å². The van der Waals surface area contributed by atoms with E-state index in [0.717, 1.165) is 31.3 Å². The van der Waals surface area contributed by atoms with E-state index in [4.69, 9.17) is 0 Å². The lowest BCUT2D eigenvalue weighted by Crippen LogP contribution is -2.46. The van der Waals surface area contributed by atoms with Crippen LogP contribution in [0.15, 0.2) is 155 Å². The molecule has 2 aliphatic rings. The van der Waals surface area contributed by atoms with Crippen molar-refractivity contribution in [1.29, 1.82) is 0 Å². The summed E-state index contributed by atoms with van der Waals surface area (Å²) >= 11 is 4.06. The third kappa shape index (κ3) is 7.81. The van der Waals surface area contributed by atoms with E-state index in [1.54, 1.807) is 0 Å². The number of anilines is 2. The SMILES string of the molecule is Cc1cc(SCCP(c2ccccc2)c2ccccc2)cc2c1N1Cc3cc(SCCP(c4ccccc4)c4ccccc4)cc(C)c3N(C2)C1. The lowest BCUT2D eigenvalue weighted by atomic mass is 9.97. The molecule has 0 N–H and O–H groups in total. The van der Waals surface area contributed by atoms with Crippen LogP contribution in [0.3, 0.4) is 0 Å². The second-order valence-electron chi connectivity index (χ2n) is 13.4. The van der Waals surface area contributed by atoms with Gasteiger partial charge in [-0.05, 0) is 110 Å². The normalized spacial score (nSPS) is 13.4. The van der Waals surface area contributed by atoms with Crippen LogP contribution >= 0.6 is 39.4 Å². The minimum Gasteiger partial charge on any atom is -0.349 e. The van der Waals surface area contributed by atoms with Crippen LogP contribution in [0.4, 0.5) is 11.4 Å². The Labute approximate surface area is 315 Å². The summed E-state index contributed by atoms with van der Waals surface area (Å²) in [6.45, 7) is 7.56. The van der Waals surface area contributed by atoms with Crippen molar-refractivity contribution >= 4 is 72.0 Å². The predicted octanol–water partition coefficient (Wildman–Crippen LogP) is 10.1. The Kier molecular flexibility index (Phi) is 10.9. The van der Waals surface area contributed by atoms with Crippen LogP contribution in [-0.2, 0) is 13.1 Å². The molecule has 6 aromatic rings. The summed E-state index contributed by atoms with van der Waals surface area (Å²) in [6.07, 6.45) is 2.35. The van der Waals surface area contributed by atoms with E-state index in [2.05, 4.69) is 169 Å². The number of hydrogen-bond acceptors (Lipinski definition) is 4. The lowest BCUT2D eigenvalue weighted by Gasteiger charge is -2.46. The molecule has 256 valence electrons. The van der Waals surface area contributed by atoms with E-state index in [-0.39, 0.29) is 15.8 Å². The number of benzene rings is 6. The van der Waals surface area contributed by atoms with Crippen molar-refractivity contribution in [2.75, 3.05) is 40.3 Å². The molecule has 2 heterocycles. The van der Waals surface area contributed by atoms with Gasteiger partial charge in [-0.2, -0.15) is 0 Å². The first-order chi connectivity index (χ1) is 25.1. The molecule has 0 saturated carbocycles. The standard InChI is InChI=1S/C45H44N2P2S2/c1-34-27-42(50-25-23-48(38-15-7-3-8-16-38)39-17-9-4-10-18-39)29-36-31-47-33-46(44(34)36)32-37-30-43(28-35(2)45(37)47)51-26-24-49(40-19-11-5-12-20-40)41-21-13-6-14-22-41/h3-22,27-30H,23-26,31-33H2,1-2H3. The minimum atomic E-state index is -0.375. The molecule has 6 aromatic carbocycles. The topological polar surface area (TPSA) is 6.48 Å². The van der Waals surface area contributed by atoms with E-state index in [9.17, 15) is 0 Å². The molecule has 0 atom stereocenters. The van der Waals surface area contributed by atoms with Crippen molar-refractivity contribution in [3.8, 4) is 0 Å². The second kappa shape index (κ2) is 16.0. The van der Waals surface area contributed by atoms with Gasteiger partial charge in [-0.25, -0.2) is 0 Å². The molecule has 8 rings (SSSR count). The Balaban J connectivity index is 0.953. The van der Waals surface area contributed by atoms with Crippen LogP contribution in [-0.4, -0.2) is 30.5 Å². The molecule has 0 aromatic heterocycles. The van der Waals surface area contributed by atoms with E-state index < -0.39 is 0 Å². The summed E-state index contributed by atoms with van der Waals surface area (Å²) in [6, 6.07) is 54.3. The maximum absolute atomic E-state index is 2.62. The number of nitrogens with zero attached hydrogens (tertiary/aromatic N) is 2. The fourth-order valence-corrected chi connectivity index (χ4v) is 15.1. The van der Waals surface area contributed by atoms with Crippen LogP contribution in [0.5, 0.6) is 0 Å². The molecular weight excluding hydrogens is 695 g/mol. The van der Waals surface area contributed by atoms with Crippen LogP contribution in [0, 0.1) is 13.8 Å². The van der Waals surface area contributed by atoms with Crippen LogP contribution in [0.25, 0.3) is 0 Å². The molecule has 2 bridgehead atoms. The van der Waals surface area contributed by atoms with E-state index >= 15 is 0 Å². The average molecular weight is 739 g/mol. The van der Waals surface area contributed by atoms with Crippen molar-refractivity contribution in [2.24, 2.45) is 0 Å². The fraction of sp³-hybridized carbons (Fsp3) is 0.200. The van der Waals surface area contributed by atoms with Gasteiger partial charge in [0.2, 0.25) is 0 Å². The molecule has 0 unspecified atom stereocenters. The monoisotopic (exact) mass is 738 g/mol. The molecule has 2 nitrogen and oxygen atoms in total. The van der Waals surface area contributed by atoms with Crippen molar-refractivity contribution in [2.45, 2.75) is 36.7 Å². The molecule has 0 amide bonds. The highest BCUT2D eigenvalue weighted by Crippen LogP contribution is 2.45. The lowest BCUT2D eigenvalue weighted by molar-refractivity contribution is 0.644. The molecular formula is C45H44N2P2S2. The third-order valence-corrected chi connectivity index (χ3v) is 17.4. The molecule has 51 heavy (non-hydrogen) atoms. The zero-order valence-corrected chi connectivity index (χ0v) is 32.8. The maximum Gasteiger partial charge on any atom is 0.0910 e. The Morgan fingerprint density at radius 3 is 1.14 bits per heavy atom. The summed E-state index contributed by atoms with van der Waals surface area (Å²) in [5.74, 6) is 2.23. The number of hydrogen-bond donors (Lipinski definition) is 0. The maximum atomic E-state index is 2.62. The van der Waals surface area contributed by atoms with Gasteiger partial charge >= 0.3 is 0 Å². The van der Waals surface area contributed by atoms with Crippen LogP contribution in [0.2, 0.25) is 0 Å². The first kappa shape index (κ1) is 34.6. The number of thioether (sulfide) groups is 2. The Morgan fingerprint density at radius 1 is 0.471 bits per heavy atom. The van der Waals surface area contributed by atoms with Crippen LogP contribution in [0.1, 0.15) is 22.3 Å². The molecule has 0 spiro atoms. The summed E-state index contributed by atoms with van der Waals surface area (Å²) in [5, 5.41) is 5.87. The molecule has 2 aliphatic heterocycles. The first-order valence-electron chi connectivity index (χ1n) is 17.9. The first-order valence-corrected chi connectivity index (χ1v) is 22.9. The van der Waals surface area contributed by atoms with Crippen molar-refractivity contribution < 1.29 is 0 Å². The van der Waals surface area contributed by atoms with Crippen LogP contribution < -0.4 is 31.0 Å². The van der Waals surface area contributed by atoms with Gasteiger partial charge in [0.05, 0.1) is 6.67 Å². The zero-order chi connectivity index (χ0) is 34.6. The second-order valence-corrected chi connectivity index (χ2v) is 20.4. The van der Waals surface area contributed by atoms with Crippen molar-refractivity contribution in [1.82, 2.24) is 0 Å². The van der Waals surface area contributed by atoms with Gasteiger partial charge < -0.3 is 9.80 Å². The smallest absolute Gasteiger partial charge is 0.0910 e. The van der Waals surface area contributed by atoms with Gasteiger partial charge in [0.1, 0.15) is 0 Å². The molecule has 0 radical (unpaired) electrons. The Morgan fingerprint density at radius 2 is 0.804 bits per heavy atom. The number of aryl methyl sites for hydroxylation is 2. The van der Waals surface area contributed by atoms with Gasteiger partial charge in [-0.1, -0.05) is 121 Å². The Hall–Kier alpha value is -3.52. The summed E-state index contributed by atoms with van der Waals surface area (Å²) in [7, 11) is -0.750. The van der Waals surface area contributed by atoms with Gasteiger partial charge in [-0.3, -0.25) is 0 Å². The van der Waals surface area contributed by atoms with Gasteiger partial charge in [-0.15, -0.1) is 23.5 Å². The quantitative estimate of drug-likeness (QED) is 0.0911. The minimum absolute atomic E-state index is 0.375. The Bertz CT molecular complexity index is 1850. The van der Waals surface area contributed by atoms with Crippen molar-refractivity contribution in [3.05, 3.63) is 168 Å². The summed E-state index contributed by atoms with van der Waals surface area (Å²) in [5.41, 5.74) is 8.65. The number of fused-ring (bicyclic) bond motifs is 6. The molecule has 0 aliphatic carbocycles. The highest BCUT2D eigenvalue weighted by Gasteiger charge is 2.32. The fourth-order valence-electron chi connectivity index (χ4n) is 7.72. The van der Waals surface area contributed by atoms with Gasteiger partial charge in [0, 0.05) is 45.8 Å². The van der Waals surface area contributed by atoms with Crippen molar-refractivity contribution in [3.63, 3.8) is 0 Å². The number of rotatable bonds is 12. The van der Waals surface area contributed by atoms with Gasteiger partial charge in [0.25, 0.3) is 0 Å². The predicted molar refractivity (Wildman–Crippen MR) is 229 cm³/mol. The summed E-state index contributed by atoms with van der Waals surface area (Å²) < 4.78 is 0. The highest BCUT2D eigenvalue weighted by atomic mass is 32.2. The van der Waals surface area contributed by atoms with E-state index in [1.807, 2.05) is 23.5 Å². The van der Waals surface area contributed by atoms with E-state index in [0.29, 0.717) is 0 Å². The summed E-state index contributed by atoms with van der Waals surface area (Å²) in [4.78, 5) is 8.04. The zero-order valence-electron chi connectivity index (χ0n) is 29.4.